The second kappa shape index (κ2) is 5.58. The van der Waals surface area contributed by atoms with Crippen LogP contribution in [0.2, 0.25) is 0 Å². The number of aromatic nitrogens is 1. The van der Waals surface area contributed by atoms with Crippen molar-refractivity contribution in [3.05, 3.63) is 35.7 Å². The maximum absolute atomic E-state index is 13.9. The molecule has 3 heterocycles. The van der Waals surface area contributed by atoms with Crippen LogP contribution in [0, 0.1) is 11.9 Å². The number of ether oxygens (including phenoxy) is 1. The Labute approximate surface area is 134 Å². The number of pyridine rings is 1. The molecule has 1 saturated heterocycles. The van der Waals surface area contributed by atoms with E-state index in [4.69, 9.17) is 4.74 Å². The van der Waals surface area contributed by atoms with Crippen LogP contribution >= 0.6 is 0 Å². The van der Waals surface area contributed by atoms with E-state index >= 15 is 0 Å². The Morgan fingerprint density at radius 1 is 1.30 bits per heavy atom. The third kappa shape index (κ3) is 3.21. The van der Waals surface area contributed by atoms with E-state index in [1.54, 1.807) is 4.90 Å². The van der Waals surface area contributed by atoms with Crippen molar-refractivity contribution in [1.29, 1.82) is 0 Å². The molecule has 0 N–H and O–H groups in total. The smallest absolute Gasteiger partial charge is 0.411 e. The molecule has 0 aromatic carbocycles. The average molecular weight is 322 g/mol. The summed E-state index contributed by atoms with van der Waals surface area (Å²) in [5.74, 6) is -1.64. The lowest BCUT2D eigenvalue weighted by Gasteiger charge is -2.35. The number of amides is 1. The summed E-state index contributed by atoms with van der Waals surface area (Å²) in [5, 5.41) is 0. The van der Waals surface area contributed by atoms with E-state index in [0.29, 0.717) is 12.0 Å². The Bertz CT molecular complexity index is 667. The number of carbonyl (C=O) groups is 1. The molecule has 124 valence electrons. The fourth-order valence-corrected chi connectivity index (χ4v) is 3.28. The van der Waals surface area contributed by atoms with Crippen LogP contribution in [0.1, 0.15) is 45.6 Å². The second-order valence-corrected chi connectivity index (χ2v) is 7.05. The van der Waals surface area contributed by atoms with Crippen molar-refractivity contribution in [1.82, 2.24) is 9.88 Å². The number of hydrogen-bond donors (Lipinski definition) is 0. The van der Waals surface area contributed by atoms with Crippen molar-refractivity contribution in [2.75, 3.05) is 0 Å². The minimum absolute atomic E-state index is 0.0145. The van der Waals surface area contributed by atoms with Gasteiger partial charge in [-0.25, -0.2) is 4.79 Å². The predicted octanol–water partition coefficient (Wildman–Crippen LogP) is 3.92. The van der Waals surface area contributed by atoms with Gasteiger partial charge in [0.25, 0.3) is 0 Å². The van der Waals surface area contributed by atoms with Gasteiger partial charge in [-0.1, -0.05) is 6.08 Å². The highest BCUT2D eigenvalue weighted by atomic mass is 19.1. The van der Waals surface area contributed by atoms with E-state index in [1.165, 1.54) is 6.07 Å². The van der Waals surface area contributed by atoms with E-state index in [-0.39, 0.29) is 18.2 Å². The highest BCUT2D eigenvalue weighted by molar-refractivity contribution is 5.75. The summed E-state index contributed by atoms with van der Waals surface area (Å²) in [4.78, 5) is 17.3. The van der Waals surface area contributed by atoms with Gasteiger partial charge in [-0.15, -0.1) is 0 Å². The van der Waals surface area contributed by atoms with Crippen LogP contribution in [-0.2, 0) is 4.74 Å². The summed E-state index contributed by atoms with van der Waals surface area (Å²) in [6.45, 7) is 5.49. The lowest BCUT2D eigenvalue weighted by atomic mass is 9.96. The number of nitrogens with zero attached hydrogens (tertiary/aromatic N) is 2. The first-order chi connectivity index (χ1) is 10.7. The minimum atomic E-state index is -0.832. The predicted molar refractivity (Wildman–Crippen MR) is 81.6 cm³/mol. The lowest BCUT2D eigenvalue weighted by molar-refractivity contribution is 0.0175. The standard InChI is InChI=1S/C17H20F2N2O2/c1-17(2,3)23-16(22)21-11-4-5-12(21)9-10(8-11)13-6-7-14(18)20-15(13)19/h6-8,11-12H,4-5,9H2,1-3H3. The van der Waals surface area contributed by atoms with Gasteiger partial charge in [0.05, 0.1) is 6.04 Å². The van der Waals surface area contributed by atoms with E-state index < -0.39 is 17.5 Å². The van der Waals surface area contributed by atoms with Gasteiger partial charge in [0, 0.05) is 11.6 Å². The van der Waals surface area contributed by atoms with Crippen molar-refractivity contribution in [3.8, 4) is 0 Å². The summed E-state index contributed by atoms with van der Waals surface area (Å²) < 4.78 is 32.3. The van der Waals surface area contributed by atoms with Crippen LogP contribution in [0.3, 0.4) is 0 Å². The first-order valence-corrected chi connectivity index (χ1v) is 7.79. The van der Waals surface area contributed by atoms with Crippen LogP contribution in [0.4, 0.5) is 13.6 Å². The molecule has 3 rings (SSSR count). The molecule has 2 aliphatic heterocycles. The molecule has 2 aliphatic rings. The third-order valence-electron chi connectivity index (χ3n) is 4.16. The Morgan fingerprint density at radius 3 is 2.65 bits per heavy atom. The Hall–Kier alpha value is -1.98. The molecule has 2 bridgehead atoms. The molecule has 6 heteroatoms. The first kappa shape index (κ1) is 15.9. The normalized spacial score (nSPS) is 23.7. The zero-order valence-corrected chi connectivity index (χ0v) is 13.5. The molecule has 23 heavy (non-hydrogen) atoms. The molecule has 1 amide bonds. The van der Waals surface area contributed by atoms with E-state index in [1.807, 2.05) is 26.8 Å². The fourth-order valence-electron chi connectivity index (χ4n) is 3.28. The van der Waals surface area contributed by atoms with Gasteiger partial charge >= 0.3 is 6.09 Å². The molecule has 0 saturated carbocycles. The van der Waals surface area contributed by atoms with Crippen LogP contribution in [0.15, 0.2) is 18.2 Å². The summed E-state index contributed by atoms with van der Waals surface area (Å²) in [6.07, 6.45) is 3.74. The van der Waals surface area contributed by atoms with Gasteiger partial charge in [-0.2, -0.15) is 13.8 Å². The van der Waals surface area contributed by atoms with Crippen molar-refractivity contribution in [2.45, 2.75) is 57.7 Å². The highest BCUT2D eigenvalue weighted by Crippen LogP contribution is 2.39. The molecule has 2 atom stereocenters. The molecule has 1 fully saturated rings. The maximum Gasteiger partial charge on any atom is 0.411 e. The van der Waals surface area contributed by atoms with E-state index in [0.717, 1.165) is 24.5 Å². The Balaban J connectivity index is 1.84. The van der Waals surface area contributed by atoms with Crippen molar-refractivity contribution in [2.24, 2.45) is 0 Å². The van der Waals surface area contributed by atoms with Crippen molar-refractivity contribution >= 4 is 11.7 Å². The Kier molecular flexibility index (Phi) is 3.86. The highest BCUT2D eigenvalue weighted by Gasteiger charge is 2.42. The molecule has 1 aromatic rings. The van der Waals surface area contributed by atoms with Gasteiger partial charge in [-0.05, 0) is 57.7 Å². The maximum atomic E-state index is 13.9. The molecule has 0 spiro atoms. The first-order valence-electron chi connectivity index (χ1n) is 7.79. The summed E-state index contributed by atoms with van der Waals surface area (Å²) in [7, 11) is 0. The molecule has 0 aliphatic carbocycles. The van der Waals surface area contributed by atoms with Gasteiger partial charge < -0.3 is 4.74 Å². The zero-order chi connectivity index (χ0) is 16.8. The van der Waals surface area contributed by atoms with Gasteiger partial charge in [0.15, 0.2) is 0 Å². The van der Waals surface area contributed by atoms with Crippen molar-refractivity contribution < 1.29 is 18.3 Å². The van der Waals surface area contributed by atoms with Crippen LogP contribution in [0.25, 0.3) is 5.57 Å². The summed E-state index contributed by atoms with van der Waals surface area (Å²) in [5.41, 5.74) is 0.544. The van der Waals surface area contributed by atoms with Gasteiger partial charge in [-0.3, -0.25) is 4.90 Å². The zero-order valence-electron chi connectivity index (χ0n) is 13.5. The van der Waals surface area contributed by atoms with E-state index in [9.17, 15) is 13.6 Å². The molecule has 4 nitrogen and oxygen atoms in total. The van der Waals surface area contributed by atoms with Crippen LogP contribution < -0.4 is 0 Å². The SMILES string of the molecule is CC(C)(C)OC(=O)N1C2C=C(c3ccc(F)nc3F)CC1CC2. The quantitative estimate of drug-likeness (QED) is 0.736. The molecular formula is C17H20F2N2O2. The minimum Gasteiger partial charge on any atom is -0.444 e. The number of fused-ring (bicyclic) bond motifs is 2. The molecule has 0 radical (unpaired) electrons. The summed E-state index contributed by atoms with van der Waals surface area (Å²) in [6, 6.07) is 2.44. The topological polar surface area (TPSA) is 42.4 Å². The average Bonchev–Trinajstić information content (AvgIpc) is 2.68. The van der Waals surface area contributed by atoms with Crippen LogP contribution in [-0.4, -0.2) is 33.7 Å². The third-order valence-corrected chi connectivity index (χ3v) is 4.16. The van der Waals surface area contributed by atoms with Gasteiger partial charge in [0.2, 0.25) is 11.9 Å². The van der Waals surface area contributed by atoms with Gasteiger partial charge in [0.1, 0.15) is 5.60 Å². The largest absolute Gasteiger partial charge is 0.444 e. The second-order valence-electron chi connectivity index (χ2n) is 7.05. The number of halogens is 2. The van der Waals surface area contributed by atoms with Crippen LogP contribution in [0.5, 0.6) is 0 Å². The van der Waals surface area contributed by atoms with Crippen molar-refractivity contribution in [3.63, 3.8) is 0 Å². The Morgan fingerprint density at radius 2 is 2.04 bits per heavy atom. The summed E-state index contributed by atoms with van der Waals surface area (Å²) >= 11 is 0. The molecule has 1 aromatic heterocycles. The molecular weight excluding hydrogens is 302 g/mol. The van der Waals surface area contributed by atoms with E-state index in [2.05, 4.69) is 4.98 Å². The fraction of sp³-hybridized carbons (Fsp3) is 0.529. The number of rotatable bonds is 1. The molecule has 2 unspecified atom stereocenters. The monoisotopic (exact) mass is 322 g/mol. The number of hydrogen-bond acceptors (Lipinski definition) is 3. The lowest BCUT2D eigenvalue weighted by Crippen LogP contribution is -2.45. The number of carbonyl (C=O) groups excluding carboxylic acids is 1.